The molecule has 2 bridgehead atoms. The Morgan fingerprint density at radius 1 is 1.18 bits per heavy atom. The molecular formula is C16H20ClN3S2. The number of thiazole rings is 1. The third-order valence-electron chi connectivity index (χ3n) is 4.76. The van der Waals surface area contributed by atoms with Crippen molar-refractivity contribution in [1.29, 1.82) is 0 Å². The summed E-state index contributed by atoms with van der Waals surface area (Å²) in [5.41, 5.74) is 3.16. The standard InChI is InChI=1S/C16H20ClN3S2/c17-16-4-3-15(22-16)9-20-6-12-1-2-14(20)8-19(5-12)7-13-10-21-11-18-13/h3-4,10-12,14H,1-2,5-9H2/t12-,14+/m0/s1. The topological polar surface area (TPSA) is 19.4 Å². The van der Waals surface area contributed by atoms with Crippen LogP contribution in [0.5, 0.6) is 0 Å². The summed E-state index contributed by atoms with van der Waals surface area (Å²) < 4.78 is 0.903. The minimum absolute atomic E-state index is 0.679. The van der Waals surface area contributed by atoms with Crippen molar-refractivity contribution in [2.24, 2.45) is 5.92 Å². The summed E-state index contributed by atoms with van der Waals surface area (Å²) in [6.07, 6.45) is 2.71. The lowest BCUT2D eigenvalue weighted by Crippen LogP contribution is -2.43. The zero-order chi connectivity index (χ0) is 14.9. The van der Waals surface area contributed by atoms with Crippen molar-refractivity contribution in [1.82, 2.24) is 14.8 Å². The molecule has 2 aromatic rings. The Bertz CT molecular complexity index is 613. The summed E-state index contributed by atoms with van der Waals surface area (Å²) in [6, 6.07) is 4.88. The molecule has 0 radical (unpaired) electrons. The third kappa shape index (κ3) is 3.39. The van der Waals surface area contributed by atoms with E-state index in [2.05, 4.69) is 26.2 Å². The highest BCUT2D eigenvalue weighted by Crippen LogP contribution is 2.31. The predicted molar refractivity (Wildman–Crippen MR) is 93.6 cm³/mol. The van der Waals surface area contributed by atoms with E-state index in [9.17, 15) is 0 Å². The fourth-order valence-corrected chi connectivity index (χ4v) is 5.44. The third-order valence-corrected chi connectivity index (χ3v) is 6.61. The van der Waals surface area contributed by atoms with Crippen LogP contribution in [0.3, 0.4) is 0 Å². The molecule has 6 heteroatoms. The highest BCUT2D eigenvalue weighted by Gasteiger charge is 2.34. The maximum atomic E-state index is 6.08. The first-order valence-electron chi connectivity index (χ1n) is 7.84. The molecule has 2 atom stereocenters. The number of hydrogen-bond donors (Lipinski definition) is 0. The van der Waals surface area contributed by atoms with Crippen LogP contribution < -0.4 is 0 Å². The first kappa shape index (κ1) is 15.1. The van der Waals surface area contributed by atoms with Crippen molar-refractivity contribution in [3.05, 3.63) is 37.9 Å². The van der Waals surface area contributed by atoms with Crippen LogP contribution >= 0.6 is 34.3 Å². The molecule has 3 fully saturated rings. The number of aromatic nitrogens is 1. The summed E-state index contributed by atoms with van der Waals surface area (Å²) >= 11 is 9.50. The summed E-state index contributed by atoms with van der Waals surface area (Å²) in [6.45, 7) is 5.69. The first-order valence-corrected chi connectivity index (χ1v) is 9.97. The number of nitrogens with zero attached hydrogens (tertiary/aromatic N) is 3. The first-order chi connectivity index (χ1) is 10.8. The number of rotatable bonds is 4. The smallest absolute Gasteiger partial charge is 0.0931 e. The molecule has 5 rings (SSSR count). The highest BCUT2D eigenvalue weighted by molar-refractivity contribution is 7.16. The van der Waals surface area contributed by atoms with E-state index in [1.165, 1.54) is 43.0 Å². The fourth-order valence-electron chi connectivity index (χ4n) is 3.78. The number of hydrogen-bond acceptors (Lipinski definition) is 5. The van der Waals surface area contributed by atoms with Crippen molar-refractivity contribution < 1.29 is 0 Å². The molecule has 0 aliphatic carbocycles. The molecule has 0 saturated carbocycles. The van der Waals surface area contributed by atoms with E-state index in [1.807, 2.05) is 11.6 Å². The van der Waals surface area contributed by atoms with Gasteiger partial charge < -0.3 is 0 Å². The van der Waals surface area contributed by atoms with Gasteiger partial charge in [0.1, 0.15) is 0 Å². The molecule has 3 saturated heterocycles. The van der Waals surface area contributed by atoms with Crippen molar-refractivity contribution in [3.63, 3.8) is 0 Å². The maximum absolute atomic E-state index is 6.08. The van der Waals surface area contributed by atoms with Crippen molar-refractivity contribution in [2.45, 2.75) is 32.0 Å². The molecular weight excluding hydrogens is 334 g/mol. The fraction of sp³-hybridized carbons (Fsp3) is 0.562. The van der Waals surface area contributed by atoms with E-state index >= 15 is 0 Å². The van der Waals surface area contributed by atoms with Gasteiger partial charge in [-0.2, -0.15) is 0 Å². The molecule has 0 N–H and O–H groups in total. The molecule has 0 unspecified atom stereocenters. The van der Waals surface area contributed by atoms with Crippen molar-refractivity contribution in [3.8, 4) is 0 Å². The van der Waals surface area contributed by atoms with Crippen LogP contribution in [0.4, 0.5) is 0 Å². The number of piperidine rings is 1. The summed E-state index contributed by atoms with van der Waals surface area (Å²) in [5, 5.41) is 2.18. The Balaban J connectivity index is 1.44. The van der Waals surface area contributed by atoms with Gasteiger partial charge in [-0.25, -0.2) is 4.98 Å². The van der Waals surface area contributed by atoms with Crippen molar-refractivity contribution in [2.75, 3.05) is 19.6 Å². The van der Waals surface area contributed by atoms with Gasteiger partial charge in [0.15, 0.2) is 0 Å². The van der Waals surface area contributed by atoms with Crippen molar-refractivity contribution >= 4 is 34.3 Å². The molecule has 2 aromatic heterocycles. The van der Waals surface area contributed by atoms with E-state index in [0.29, 0.717) is 6.04 Å². The molecule has 0 amide bonds. The van der Waals surface area contributed by atoms with Gasteiger partial charge in [-0.05, 0) is 30.9 Å². The second kappa shape index (κ2) is 6.57. The maximum Gasteiger partial charge on any atom is 0.0931 e. The second-order valence-electron chi connectivity index (χ2n) is 6.41. The van der Waals surface area contributed by atoms with Crippen LogP contribution in [0.25, 0.3) is 0 Å². The van der Waals surface area contributed by atoms with Crippen LogP contribution in [-0.2, 0) is 13.1 Å². The lowest BCUT2D eigenvalue weighted by molar-refractivity contribution is 0.124. The monoisotopic (exact) mass is 353 g/mol. The summed E-state index contributed by atoms with van der Waals surface area (Å²) in [5.74, 6) is 0.799. The molecule has 22 heavy (non-hydrogen) atoms. The van der Waals surface area contributed by atoms with Gasteiger partial charge in [0.2, 0.25) is 0 Å². The largest absolute Gasteiger partial charge is 0.296 e. The molecule has 5 heterocycles. The lowest BCUT2D eigenvalue weighted by Gasteiger charge is -2.35. The van der Waals surface area contributed by atoms with Gasteiger partial charge in [0.05, 0.1) is 15.5 Å². The van der Waals surface area contributed by atoms with Crippen LogP contribution in [0, 0.1) is 5.92 Å². The Kier molecular flexibility index (Phi) is 4.51. The van der Waals surface area contributed by atoms with Crippen LogP contribution in [0.1, 0.15) is 23.4 Å². The van der Waals surface area contributed by atoms with E-state index < -0.39 is 0 Å². The Morgan fingerprint density at radius 3 is 2.91 bits per heavy atom. The average Bonchev–Trinajstić information content (AvgIpc) is 3.05. The van der Waals surface area contributed by atoms with Crippen LogP contribution in [0.2, 0.25) is 4.34 Å². The van der Waals surface area contributed by atoms with Gasteiger partial charge in [-0.15, -0.1) is 22.7 Å². The van der Waals surface area contributed by atoms with Crippen LogP contribution in [-0.4, -0.2) is 40.5 Å². The lowest BCUT2D eigenvalue weighted by atomic mass is 9.95. The number of halogens is 1. The van der Waals surface area contributed by atoms with E-state index in [1.54, 1.807) is 22.7 Å². The Morgan fingerprint density at radius 2 is 2.14 bits per heavy atom. The SMILES string of the molecule is Clc1ccc(CN2C[C@H]3CC[C@@H]2CN(Cc2cscn2)C3)s1. The van der Waals surface area contributed by atoms with E-state index in [0.717, 1.165) is 23.3 Å². The average molecular weight is 354 g/mol. The van der Waals surface area contributed by atoms with E-state index in [4.69, 9.17) is 11.6 Å². The molecule has 3 nitrogen and oxygen atoms in total. The quantitative estimate of drug-likeness (QED) is 0.829. The molecule has 3 aliphatic heterocycles. The summed E-state index contributed by atoms with van der Waals surface area (Å²) in [7, 11) is 0. The van der Waals surface area contributed by atoms with Gasteiger partial charge in [-0.1, -0.05) is 11.6 Å². The normalized spacial score (nSPS) is 26.4. The van der Waals surface area contributed by atoms with Gasteiger partial charge >= 0.3 is 0 Å². The number of thiophene rings is 1. The molecule has 3 aliphatic rings. The van der Waals surface area contributed by atoms with E-state index in [-0.39, 0.29) is 0 Å². The zero-order valence-electron chi connectivity index (χ0n) is 12.4. The van der Waals surface area contributed by atoms with Gasteiger partial charge in [0, 0.05) is 49.0 Å². The highest BCUT2D eigenvalue weighted by atomic mass is 35.5. The zero-order valence-corrected chi connectivity index (χ0v) is 14.8. The van der Waals surface area contributed by atoms with Gasteiger partial charge in [0.25, 0.3) is 0 Å². The predicted octanol–water partition coefficient (Wildman–Crippen LogP) is 3.95. The number of fused-ring (bicyclic) bond motifs is 4. The minimum atomic E-state index is 0.679. The molecule has 118 valence electrons. The van der Waals surface area contributed by atoms with Crippen LogP contribution in [0.15, 0.2) is 23.0 Å². The second-order valence-corrected chi connectivity index (χ2v) is 8.92. The summed E-state index contributed by atoms with van der Waals surface area (Å²) in [4.78, 5) is 11.1. The Labute approximate surface area is 144 Å². The molecule has 0 aromatic carbocycles. The van der Waals surface area contributed by atoms with Gasteiger partial charge in [-0.3, -0.25) is 9.80 Å². The molecule has 0 spiro atoms. The minimum Gasteiger partial charge on any atom is -0.296 e. The Hall–Kier alpha value is -0.460.